The Labute approximate surface area is 71.8 Å². The smallest absolute Gasteiger partial charge is 0.169 e. The van der Waals surface area contributed by atoms with Gasteiger partial charge in [0.1, 0.15) is 6.10 Å². The molecule has 2 heteroatoms. The molecule has 0 amide bonds. The average Bonchev–Trinajstić information content (AvgIpc) is 2.06. The SMILES string of the molecule is CC(O)C(=O)[CH]c1ccccc1. The van der Waals surface area contributed by atoms with Gasteiger partial charge in [-0.1, -0.05) is 30.3 Å². The van der Waals surface area contributed by atoms with Crippen molar-refractivity contribution in [3.8, 4) is 0 Å². The minimum atomic E-state index is -0.912. The first-order valence-electron chi connectivity index (χ1n) is 3.82. The van der Waals surface area contributed by atoms with E-state index in [0.29, 0.717) is 0 Å². The van der Waals surface area contributed by atoms with Crippen molar-refractivity contribution >= 4 is 5.78 Å². The van der Waals surface area contributed by atoms with Crippen molar-refractivity contribution in [2.75, 3.05) is 0 Å². The number of benzene rings is 1. The zero-order valence-corrected chi connectivity index (χ0v) is 6.90. The highest BCUT2D eigenvalue weighted by atomic mass is 16.3. The molecule has 2 nitrogen and oxygen atoms in total. The van der Waals surface area contributed by atoms with Crippen LogP contribution in [0.1, 0.15) is 12.5 Å². The lowest BCUT2D eigenvalue weighted by atomic mass is 10.1. The standard InChI is InChI=1S/C10H11O2/c1-8(11)10(12)7-9-5-3-2-4-6-9/h2-8,11H,1H3. The van der Waals surface area contributed by atoms with Crippen molar-refractivity contribution in [1.29, 1.82) is 0 Å². The van der Waals surface area contributed by atoms with Crippen LogP contribution < -0.4 is 0 Å². The van der Waals surface area contributed by atoms with Crippen molar-refractivity contribution in [3.05, 3.63) is 42.3 Å². The summed E-state index contributed by atoms with van der Waals surface area (Å²) in [6.45, 7) is 1.46. The Hall–Kier alpha value is -1.15. The molecule has 1 N–H and O–H groups in total. The van der Waals surface area contributed by atoms with Gasteiger partial charge in [0.25, 0.3) is 0 Å². The maximum Gasteiger partial charge on any atom is 0.169 e. The predicted molar refractivity (Wildman–Crippen MR) is 46.5 cm³/mol. The summed E-state index contributed by atoms with van der Waals surface area (Å²) in [5.74, 6) is -0.263. The lowest BCUT2D eigenvalue weighted by Gasteiger charge is -2.01. The Morgan fingerprint density at radius 2 is 2.00 bits per heavy atom. The van der Waals surface area contributed by atoms with Crippen LogP contribution in [0.2, 0.25) is 0 Å². The highest BCUT2D eigenvalue weighted by molar-refractivity contribution is 5.93. The van der Waals surface area contributed by atoms with Crippen LogP contribution in [-0.2, 0) is 4.79 Å². The van der Waals surface area contributed by atoms with Crippen molar-refractivity contribution in [2.45, 2.75) is 13.0 Å². The van der Waals surface area contributed by atoms with Gasteiger partial charge in [0.2, 0.25) is 0 Å². The second-order valence-electron chi connectivity index (χ2n) is 2.63. The second kappa shape index (κ2) is 4.02. The van der Waals surface area contributed by atoms with Gasteiger partial charge >= 0.3 is 0 Å². The van der Waals surface area contributed by atoms with E-state index < -0.39 is 6.10 Å². The van der Waals surface area contributed by atoms with E-state index in [4.69, 9.17) is 5.11 Å². The molecule has 0 saturated carbocycles. The lowest BCUT2D eigenvalue weighted by molar-refractivity contribution is -0.122. The Balaban J connectivity index is 2.59. The maximum absolute atomic E-state index is 11.0. The first kappa shape index (κ1) is 8.94. The number of aliphatic hydroxyl groups is 1. The fraction of sp³-hybridized carbons (Fsp3) is 0.200. The Kier molecular flexibility index (Phi) is 3.00. The van der Waals surface area contributed by atoms with Crippen LogP contribution >= 0.6 is 0 Å². The molecule has 1 radical (unpaired) electrons. The summed E-state index contributed by atoms with van der Waals surface area (Å²) in [5.41, 5.74) is 0.823. The highest BCUT2D eigenvalue weighted by Gasteiger charge is 2.09. The van der Waals surface area contributed by atoms with E-state index in [9.17, 15) is 4.79 Å². The predicted octanol–water partition coefficient (Wildman–Crippen LogP) is 1.19. The van der Waals surface area contributed by atoms with Crippen LogP contribution in [0.4, 0.5) is 0 Å². The fourth-order valence-electron chi connectivity index (χ4n) is 0.834. The number of rotatable bonds is 3. The number of Topliss-reactive ketones (excluding diaryl/α,β-unsaturated/α-hetero) is 1. The molecule has 0 spiro atoms. The van der Waals surface area contributed by atoms with Crippen LogP contribution in [-0.4, -0.2) is 17.0 Å². The third-order valence-electron chi connectivity index (χ3n) is 1.52. The van der Waals surface area contributed by atoms with E-state index in [0.717, 1.165) is 5.56 Å². The summed E-state index contributed by atoms with van der Waals surface area (Å²) < 4.78 is 0. The second-order valence-corrected chi connectivity index (χ2v) is 2.63. The minimum absolute atomic E-state index is 0.263. The van der Waals surface area contributed by atoms with Crippen LogP contribution in [0.5, 0.6) is 0 Å². The van der Waals surface area contributed by atoms with E-state index in [2.05, 4.69) is 0 Å². The molecule has 0 aliphatic rings. The Morgan fingerprint density at radius 1 is 1.42 bits per heavy atom. The van der Waals surface area contributed by atoms with Gasteiger partial charge in [0.05, 0.1) is 6.42 Å². The van der Waals surface area contributed by atoms with Gasteiger partial charge in [-0.05, 0) is 12.5 Å². The third kappa shape index (κ3) is 2.47. The van der Waals surface area contributed by atoms with Crippen LogP contribution in [0.15, 0.2) is 30.3 Å². The molecule has 1 aromatic rings. The fourth-order valence-corrected chi connectivity index (χ4v) is 0.834. The van der Waals surface area contributed by atoms with Crippen LogP contribution in [0, 0.1) is 6.42 Å². The molecule has 12 heavy (non-hydrogen) atoms. The first-order valence-corrected chi connectivity index (χ1v) is 3.82. The van der Waals surface area contributed by atoms with Crippen molar-refractivity contribution in [1.82, 2.24) is 0 Å². The first-order chi connectivity index (χ1) is 5.70. The van der Waals surface area contributed by atoms with Gasteiger partial charge < -0.3 is 5.11 Å². The molecule has 1 aromatic carbocycles. The van der Waals surface area contributed by atoms with E-state index in [1.165, 1.54) is 13.3 Å². The third-order valence-corrected chi connectivity index (χ3v) is 1.52. The largest absolute Gasteiger partial charge is 0.386 e. The topological polar surface area (TPSA) is 37.3 Å². The molecular formula is C10H11O2. The zero-order chi connectivity index (χ0) is 8.97. The quantitative estimate of drug-likeness (QED) is 0.726. The molecule has 1 atom stereocenters. The highest BCUT2D eigenvalue weighted by Crippen LogP contribution is 2.03. The normalized spacial score (nSPS) is 12.5. The molecule has 1 rings (SSSR count). The number of hydrogen-bond acceptors (Lipinski definition) is 2. The minimum Gasteiger partial charge on any atom is -0.386 e. The number of aliphatic hydroxyl groups excluding tert-OH is 1. The summed E-state index contributed by atoms with van der Waals surface area (Å²) in [6.07, 6.45) is 0.523. The van der Waals surface area contributed by atoms with Gasteiger partial charge in [0, 0.05) is 0 Å². The Morgan fingerprint density at radius 3 is 2.50 bits per heavy atom. The van der Waals surface area contributed by atoms with Crippen molar-refractivity contribution < 1.29 is 9.90 Å². The Bertz CT molecular complexity index is 252. The monoisotopic (exact) mass is 163 g/mol. The number of carbonyl (C=O) groups excluding carboxylic acids is 1. The summed E-state index contributed by atoms with van der Waals surface area (Å²) >= 11 is 0. The van der Waals surface area contributed by atoms with E-state index in [1.807, 2.05) is 30.3 Å². The molecule has 63 valence electrons. The van der Waals surface area contributed by atoms with E-state index >= 15 is 0 Å². The zero-order valence-electron chi connectivity index (χ0n) is 6.90. The van der Waals surface area contributed by atoms with Crippen molar-refractivity contribution in [2.24, 2.45) is 0 Å². The van der Waals surface area contributed by atoms with Gasteiger partial charge in [-0.3, -0.25) is 4.79 Å². The number of ketones is 1. The summed E-state index contributed by atoms with van der Waals surface area (Å²) in [4.78, 5) is 11.0. The van der Waals surface area contributed by atoms with E-state index in [1.54, 1.807) is 0 Å². The lowest BCUT2D eigenvalue weighted by Crippen LogP contribution is -2.16. The van der Waals surface area contributed by atoms with Crippen LogP contribution in [0.25, 0.3) is 0 Å². The molecule has 0 aliphatic carbocycles. The number of hydrogen-bond donors (Lipinski definition) is 1. The van der Waals surface area contributed by atoms with Crippen molar-refractivity contribution in [3.63, 3.8) is 0 Å². The number of carbonyl (C=O) groups is 1. The molecular weight excluding hydrogens is 152 g/mol. The van der Waals surface area contributed by atoms with Gasteiger partial charge in [-0.15, -0.1) is 0 Å². The molecule has 0 saturated heterocycles. The van der Waals surface area contributed by atoms with E-state index in [-0.39, 0.29) is 5.78 Å². The summed E-state index contributed by atoms with van der Waals surface area (Å²) in [6, 6.07) is 9.22. The molecule has 0 heterocycles. The van der Waals surface area contributed by atoms with Gasteiger partial charge in [-0.25, -0.2) is 0 Å². The van der Waals surface area contributed by atoms with Gasteiger partial charge in [0.15, 0.2) is 5.78 Å². The average molecular weight is 163 g/mol. The van der Waals surface area contributed by atoms with Crippen LogP contribution in [0.3, 0.4) is 0 Å². The summed E-state index contributed by atoms with van der Waals surface area (Å²) in [7, 11) is 0. The molecule has 0 aromatic heterocycles. The van der Waals surface area contributed by atoms with Gasteiger partial charge in [-0.2, -0.15) is 0 Å². The molecule has 0 bridgehead atoms. The molecule has 0 fully saturated rings. The maximum atomic E-state index is 11.0. The molecule has 1 unspecified atom stereocenters. The summed E-state index contributed by atoms with van der Waals surface area (Å²) in [5, 5.41) is 8.90. The molecule has 0 aliphatic heterocycles.